The number of benzene rings is 4. The van der Waals surface area contributed by atoms with Crippen molar-refractivity contribution in [1.29, 1.82) is 0 Å². The topological polar surface area (TPSA) is 86.7 Å². The van der Waals surface area contributed by atoms with Gasteiger partial charge in [0.2, 0.25) is 0 Å². The maximum absolute atomic E-state index is 13.6. The Kier molecular flexibility index (Phi) is 8.08. The van der Waals surface area contributed by atoms with E-state index in [1.54, 1.807) is 47.0 Å². The van der Waals surface area contributed by atoms with Gasteiger partial charge in [0.05, 0.1) is 5.69 Å². The number of aliphatic carboxylic acids is 1. The average Bonchev–Trinajstić information content (AvgIpc) is 3.16. The average molecular weight is 537 g/mol. The van der Waals surface area contributed by atoms with Crippen LogP contribution in [0.15, 0.2) is 108 Å². The van der Waals surface area contributed by atoms with Crippen LogP contribution in [0.4, 0.5) is 11.4 Å². The van der Waals surface area contributed by atoms with Crippen molar-refractivity contribution in [2.75, 3.05) is 16.8 Å². The van der Waals surface area contributed by atoms with E-state index in [0.717, 1.165) is 21.7 Å². The van der Waals surface area contributed by atoms with Crippen molar-refractivity contribution in [2.45, 2.75) is 29.4 Å². The summed E-state index contributed by atoms with van der Waals surface area (Å²) in [6, 6.07) is 31.9. The second-order valence-corrected chi connectivity index (χ2v) is 10.7. The fraction of sp³-hybridized carbons (Fsp3) is 0.156. The molecular weight excluding hydrogens is 508 g/mol. The molecule has 0 aliphatic carbocycles. The molecule has 7 heteroatoms. The van der Waals surface area contributed by atoms with Gasteiger partial charge in [-0.25, -0.2) is 0 Å². The van der Waals surface area contributed by atoms with Crippen LogP contribution in [0.1, 0.15) is 40.0 Å². The Bertz CT molecular complexity index is 1490. The fourth-order valence-electron chi connectivity index (χ4n) is 4.71. The van der Waals surface area contributed by atoms with Crippen LogP contribution in [0.5, 0.6) is 0 Å². The van der Waals surface area contributed by atoms with Crippen LogP contribution < -0.4 is 10.2 Å². The molecule has 1 heterocycles. The molecule has 0 radical (unpaired) electrons. The predicted molar refractivity (Wildman–Crippen MR) is 156 cm³/mol. The zero-order valence-electron chi connectivity index (χ0n) is 21.2. The lowest BCUT2D eigenvalue weighted by atomic mass is 9.99. The van der Waals surface area contributed by atoms with Gasteiger partial charge < -0.3 is 15.3 Å². The van der Waals surface area contributed by atoms with Crippen LogP contribution in [0.3, 0.4) is 0 Å². The Morgan fingerprint density at radius 2 is 1.54 bits per heavy atom. The maximum Gasteiger partial charge on any atom is 0.303 e. The SMILES string of the molecule is O=C(O)CC[C@@H]1CCN(C(=O)c2ccc(NC(=O)c3ccccc3-c3ccccc3)cc2)c2ccccc2S1. The van der Waals surface area contributed by atoms with Crippen molar-refractivity contribution in [2.24, 2.45) is 0 Å². The third-order valence-electron chi connectivity index (χ3n) is 6.70. The van der Waals surface area contributed by atoms with Gasteiger partial charge in [-0.05, 0) is 66.4 Å². The number of para-hydroxylation sites is 1. The van der Waals surface area contributed by atoms with Crippen molar-refractivity contribution in [1.82, 2.24) is 0 Å². The minimum Gasteiger partial charge on any atom is -0.481 e. The highest BCUT2D eigenvalue weighted by Gasteiger charge is 2.27. The molecule has 2 amide bonds. The van der Waals surface area contributed by atoms with Gasteiger partial charge in [0.15, 0.2) is 0 Å². The Hall–Kier alpha value is -4.36. The molecule has 1 atom stereocenters. The highest BCUT2D eigenvalue weighted by Crippen LogP contribution is 2.39. The van der Waals surface area contributed by atoms with Crippen molar-refractivity contribution < 1.29 is 19.5 Å². The minimum absolute atomic E-state index is 0.108. The summed E-state index contributed by atoms with van der Waals surface area (Å²) >= 11 is 1.64. The van der Waals surface area contributed by atoms with Crippen LogP contribution in [0.2, 0.25) is 0 Å². The van der Waals surface area contributed by atoms with Gasteiger partial charge in [0, 0.05) is 39.9 Å². The smallest absolute Gasteiger partial charge is 0.303 e. The van der Waals surface area contributed by atoms with E-state index in [0.29, 0.717) is 36.2 Å². The number of carbonyl (C=O) groups excluding carboxylic acids is 2. The lowest BCUT2D eigenvalue weighted by molar-refractivity contribution is -0.137. The molecule has 0 spiro atoms. The van der Waals surface area contributed by atoms with Gasteiger partial charge in [0.1, 0.15) is 0 Å². The first kappa shape index (κ1) is 26.3. The first-order valence-corrected chi connectivity index (χ1v) is 13.7. The van der Waals surface area contributed by atoms with Crippen LogP contribution in [0.25, 0.3) is 11.1 Å². The summed E-state index contributed by atoms with van der Waals surface area (Å²) in [6.07, 6.45) is 1.36. The number of nitrogens with zero attached hydrogens (tertiary/aromatic N) is 1. The van der Waals surface area contributed by atoms with E-state index < -0.39 is 5.97 Å². The molecule has 4 aromatic rings. The molecule has 6 nitrogen and oxygen atoms in total. The second-order valence-electron chi connectivity index (χ2n) is 9.33. The number of amides is 2. The lowest BCUT2D eigenvalue weighted by Crippen LogP contribution is -2.32. The summed E-state index contributed by atoms with van der Waals surface area (Å²) < 4.78 is 0. The minimum atomic E-state index is -0.809. The molecule has 1 aliphatic heterocycles. The number of hydrogen-bond donors (Lipinski definition) is 2. The number of nitrogens with one attached hydrogen (secondary N) is 1. The summed E-state index contributed by atoms with van der Waals surface area (Å²) in [5.41, 5.74) is 4.33. The molecule has 0 saturated heterocycles. The van der Waals surface area contributed by atoms with E-state index in [9.17, 15) is 14.4 Å². The third-order valence-corrected chi connectivity index (χ3v) is 8.10. The van der Waals surface area contributed by atoms with Gasteiger partial charge in [-0.3, -0.25) is 14.4 Å². The Balaban J connectivity index is 1.31. The Morgan fingerprint density at radius 3 is 2.31 bits per heavy atom. The van der Waals surface area contributed by atoms with Gasteiger partial charge >= 0.3 is 5.97 Å². The first-order chi connectivity index (χ1) is 19.0. The molecule has 0 fully saturated rings. The summed E-state index contributed by atoms with van der Waals surface area (Å²) in [5, 5.41) is 12.2. The highest BCUT2D eigenvalue weighted by molar-refractivity contribution is 8.00. The normalized spacial score (nSPS) is 14.7. The maximum atomic E-state index is 13.6. The lowest BCUT2D eigenvalue weighted by Gasteiger charge is -2.22. The molecule has 0 aromatic heterocycles. The molecule has 5 rings (SSSR count). The van der Waals surface area contributed by atoms with E-state index in [1.165, 1.54) is 0 Å². The number of rotatable bonds is 7. The zero-order chi connectivity index (χ0) is 27.2. The number of carboxylic acid groups (broad SMARTS) is 1. The van der Waals surface area contributed by atoms with Crippen LogP contribution in [-0.4, -0.2) is 34.7 Å². The van der Waals surface area contributed by atoms with E-state index >= 15 is 0 Å². The van der Waals surface area contributed by atoms with E-state index in [1.807, 2.05) is 72.8 Å². The highest BCUT2D eigenvalue weighted by atomic mass is 32.2. The number of anilines is 2. The van der Waals surface area contributed by atoms with Gasteiger partial charge in [-0.15, -0.1) is 11.8 Å². The molecule has 1 aliphatic rings. The number of carboxylic acids is 1. The monoisotopic (exact) mass is 536 g/mol. The molecule has 0 bridgehead atoms. The molecule has 2 N–H and O–H groups in total. The Labute approximate surface area is 231 Å². The van der Waals surface area contributed by atoms with Gasteiger partial charge in [-0.1, -0.05) is 60.7 Å². The standard InChI is InChI=1S/C32H28N2O4S/c35-30(36)19-18-25-20-21-34(28-12-6-7-13-29(28)39-25)32(38)23-14-16-24(17-15-23)33-31(37)27-11-5-4-10-26(27)22-8-2-1-3-9-22/h1-17,25H,18-21H2,(H,33,37)(H,35,36)/t25-/m1/s1. The van der Waals surface area contributed by atoms with Gasteiger partial charge in [-0.2, -0.15) is 0 Å². The number of thioether (sulfide) groups is 1. The number of carbonyl (C=O) groups is 3. The Morgan fingerprint density at radius 1 is 0.846 bits per heavy atom. The molecule has 39 heavy (non-hydrogen) atoms. The summed E-state index contributed by atoms with van der Waals surface area (Å²) in [7, 11) is 0. The largest absolute Gasteiger partial charge is 0.481 e. The zero-order valence-corrected chi connectivity index (χ0v) is 22.1. The summed E-state index contributed by atoms with van der Waals surface area (Å²) in [4.78, 5) is 40.6. The quantitative estimate of drug-likeness (QED) is 0.266. The predicted octanol–water partition coefficient (Wildman–Crippen LogP) is 6.98. The second kappa shape index (κ2) is 12.0. The van der Waals surface area contributed by atoms with Crippen LogP contribution in [0, 0.1) is 0 Å². The fourth-order valence-corrected chi connectivity index (χ4v) is 5.99. The van der Waals surface area contributed by atoms with Gasteiger partial charge in [0.25, 0.3) is 11.8 Å². The summed E-state index contributed by atoms with van der Waals surface area (Å²) in [5.74, 6) is -1.16. The van der Waals surface area contributed by atoms with E-state index in [4.69, 9.17) is 5.11 Å². The molecule has 4 aromatic carbocycles. The van der Waals surface area contributed by atoms with E-state index in [2.05, 4.69) is 5.32 Å². The number of hydrogen-bond acceptors (Lipinski definition) is 4. The van der Waals surface area contributed by atoms with Crippen molar-refractivity contribution in [3.8, 4) is 11.1 Å². The van der Waals surface area contributed by atoms with Crippen LogP contribution in [-0.2, 0) is 4.79 Å². The van der Waals surface area contributed by atoms with E-state index in [-0.39, 0.29) is 23.5 Å². The summed E-state index contributed by atoms with van der Waals surface area (Å²) in [6.45, 7) is 0.502. The number of fused-ring (bicyclic) bond motifs is 1. The van der Waals surface area contributed by atoms with Crippen molar-refractivity contribution in [3.63, 3.8) is 0 Å². The van der Waals surface area contributed by atoms with Crippen LogP contribution >= 0.6 is 11.8 Å². The molecule has 0 saturated carbocycles. The third kappa shape index (κ3) is 6.21. The molecule has 196 valence electrons. The molecular formula is C32H28N2O4S. The van der Waals surface area contributed by atoms with Crippen molar-refractivity contribution in [3.05, 3.63) is 114 Å². The van der Waals surface area contributed by atoms with Crippen molar-refractivity contribution >= 4 is 40.9 Å². The molecule has 0 unspecified atom stereocenters. The first-order valence-electron chi connectivity index (χ1n) is 12.8.